The van der Waals surface area contributed by atoms with Crippen molar-refractivity contribution in [3.8, 4) is 0 Å². The van der Waals surface area contributed by atoms with E-state index in [2.05, 4.69) is 196 Å². The average molecular weight is 1880 g/mol. The minimum atomic E-state index is -0.530. The molecule has 1 fully saturated rings. The van der Waals surface area contributed by atoms with Gasteiger partial charge in [0.1, 0.15) is 92.1 Å². The molecule has 0 heterocycles. The quantitative estimate of drug-likeness (QED) is 0.0204. The van der Waals surface area contributed by atoms with Crippen LogP contribution in [0.1, 0.15) is 223 Å². The standard InChI is InChI=1S/C14H26NO4.C14H20NO4.5C12H18NO2.2C5H12.2C4H10.C3H8/c2*1-15(2,3)9-10-18-13(16)11-19-14(17)12-7-5-4-6-8-12;5*1-13(2,3)9-10-15-12(14)11-7-5-4-6-8-11;1-5(2,3)4;1-3-5-4-2;1-4(2)3;1-3-4-2;1-3-2/h12H,4-11H2,1-3H3;4-8H,9-11H2,1-3H3;5*4-8H,9-10H2,1-3H3;1-4H3;3-5H2,1-2H3;4H,1-3H3;3-4H2,1-2H3;3H2,1-2H3/q7*+1;;;;;. The molecule has 0 amide bonds. The number of hydrogen-bond acceptors (Lipinski definition) is 18. The third kappa shape index (κ3) is 96.8. The van der Waals surface area contributed by atoms with Crippen LogP contribution in [0.5, 0.6) is 0 Å². The number of carbonyl (C=O) groups is 9. The summed E-state index contributed by atoms with van der Waals surface area (Å²) in [6.07, 6.45) is 13.1. The number of carbonyl (C=O) groups excluding carboxylic acids is 9. The van der Waals surface area contributed by atoms with E-state index >= 15 is 0 Å². The maximum atomic E-state index is 11.7. The van der Waals surface area contributed by atoms with Gasteiger partial charge in [-0.2, -0.15) is 0 Å². The zero-order valence-corrected chi connectivity index (χ0v) is 90.0. The molecule has 0 atom stereocenters. The van der Waals surface area contributed by atoms with Gasteiger partial charge in [0.15, 0.2) is 13.2 Å². The zero-order valence-electron chi connectivity index (χ0n) is 90.0. The summed E-state index contributed by atoms with van der Waals surface area (Å²) in [5, 5.41) is 0. The largest absolute Gasteiger partial charge is 0.457 e. The first-order chi connectivity index (χ1) is 62.2. The Balaban J connectivity index is -0.000000466. The van der Waals surface area contributed by atoms with Gasteiger partial charge in [-0.1, -0.05) is 257 Å². The fourth-order valence-electron chi connectivity index (χ4n) is 9.02. The van der Waals surface area contributed by atoms with E-state index in [1.54, 1.807) is 91.0 Å². The predicted octanol–water partition coefficient (Wildman–Crippen LogP) is 19.3. The maximum absolute atomic E-state index is 11.7. The normalized spacial score (nSPS) is 11.6. The van der Waals surface area contributed by atoms with Crippen LogP contribution in [0.3, 0.4) is 0 Å². The second kappa shape index (κ2) is 76.4. The number of unbranched alkanes of at least 4 members (excludes halogenated alkanes) is 3. The third-order valence-electron chi connectivity index (χ3n) is 16.9. The summed E-state index contributed by atoms with van der Waals surface area (Å²) in [7, 11) is 43.1. The summed E-state index contributed by atoms with van der Waals surface area (Å²) >= 11 is 0. The number of likely N-dealkylation sites (N-methyl/N-ethyl adjacent to an activating group) is 7. The van der Waals surface area contributed by atoms with Crippen molar-refractivity contribution >= 4 is 53.7 Å². The number of quaternary nitrogens is 7. The predicted molar refractivity (Wildman–Crippen MR) is 547 cm³/mol. The monoisotopic (exact) mass is 1880 g/mol. The summed E-state index contributed by atoms with van der Waals surface area (Å²) in [5.41, 5.74) is 3.97. The lowest BCUT2D eigenvalue weighted by molar-refractivity contribution is -0.870. The van der Waals surface area contributed by atoms with E-state index in [4.69, 9.17) is 42.6 Å². The number of benzene rings is 6. The smallest absolute Gasteiger partial charge is 0.344 e. The van der Waals surface area contributed by atoms with Crippen LogP contribution in [0.2, 0.25) is 0 Å². The summed E-state index contributed by atoms with van der Waals surface area (Å²) < 4.78 is 51.0. The SMILES string of the molecule is CC(C)(C)C.CC(C)C.CCC.CCCC.CCCCC.C[N+](C)(C)CCOC(=O)COC(=O)C1CCCCC1.C[N+](C)(C)CCOC(=O)COC(=O)c1ccccc1.C[N+](C)(C)CCOC(=O)c1ccccc1.C[N+](C)(C)CCOC(=O)c1ccccc1.C[N+](C)(C)CCOC(=O)c1ccccc1.C[N+](C)(C)CCOC(=O)c1ccccc1.C[N+](C)(C)CCOC(=O)c1ccccc1. The van der Waals surface area contributed by atoms with E-state index in [-0.39, 0.29) is 54.9 Å². The Bertz CT molecular complexity index is 3520. The fraction of sp³-hybridized carbons (Fsp3) is 0.587. The molecule has 0 bridgehead atoms. The molecule has 0 radical (unpaired) electrons. The van der Waals surface area contributed by atoms with Crippen LogP contribution in [-0.2, 0) is 57.0 Å². The molecule has 0 N–H and O–H groups in total. The maximum Gasteiger partial charge on any atom is 0.344 e. The third-order valence-corrected chi connectivity index (χ3v) is 16.9. The first kappa shape index (κ1) is 133. The van der Waals surface area contributed by atoms with Gasteiger partial charge in [-0.25, -0.2) is 38.4 Å². The Morgan fingerprint density at radius 2 is 0.433 bits per heavy atom. The van der Waals surface area contributed by atoms with Gasteiger partial charge >= 0.3 is 53.7 Å². The average Bonchev–Trinajstić information content (AvgIpc) is 0.934. The van der Waals surface area contributed by atoms with E-state index < -0.39 is 17.9 Å². The van der Waals surface area contributed by atoms with Gasteiger partial charge in [-0.3, -0.25) is 4.79 Å². The van der Waals surface area contributed by atoms with Crippen molar-refractivity contribution in [1.29, 1.82) is 0 Å². The number of nitrogens with zero attached hydrogens (tertiary/aromatic N) is 7. The Morgan fingerprint density at radius 1 is 0.269 bits per heavy atom. The highest BCUT2D eigenvalue weighted by molar-refractivity contribution is 5.92. The van der Waals surface area contributed by atoms with Gasteiger partial charge in [0.25, 0.3) is 0 Å². The van der Waals surface area contributed by atoms with Gasteiger partial charge in [0.2, 0.25) is 0 Å². The summed E-state index contributed by atoms with van der Waals surface area (Å²) in [5.74, 6) is -2.18. The molecule has 0 aromatic heterocycles. The first-order valence-electron chi connectivity index (χ1n) is 47.6. The molecule has 6 aromatic carbocycles. The van der Waals surface area contributed by atoms with Gasteiger partial charge < -0.3 is 74.0 Å². The molecule has 134 heavy (non-hydrogen) atoms. The molecule has 0 spiro atoms. The van der Waals surface area contributed by atoms with E-state index in [0.717, 1.165) is 97.8 Å². The van der Waals surface area contributed by atoms with Crippen LogP contribution in [0.25, 0.3) is 0 Å². The lowest BCUT2D eigenvalue weighted by Gasteiger charge is -2.23. The second-order valence-electron chi connectivity index (χ2n) is 41.7. The van der Waals surface area contributed by atoms with Crippen LogP contribution >= 0.6 is 0 Å². The molecule has 0 saturated heterocycles. The zero-order chi connectivity index (χ0) is 103. The molecule has 6 aromatic rings. The first-order valence-corrected chi connectivity index (χ1v) is 47.6. The highest BCUT2D eigenvalue weighted by Crippen LogP contribution is 2.25. The van der Waals surface area contributed by atoms with E-state index in [1.807, 2.05) is 133 Å². The molecule has 1 saturated carbocycles. The highest BCUT2D eigenvalue weighted by atomic mass is 16.6. The molecular weight excluding hydrogens is 1700 g/mol. The number of hydrogen-bond donors (Lipinski definition) is 0. The molecule has 760 valence electrons. The Kier molecular flexibility index (Phi) is 75.7. The molecule has 1 aliphatic carbocycles. The van der Waals surface area contributed by atoms with Crippen molar-refractivity contribution < 1.29 is 117 Å². The van der Waals surface area contributed by atoms with Crippen LogP contribution in [0, 0.1) is 17.3 Å². The Labute approximate surface area is 813 Å². The van der Waals surface area contributed by atoms with E-state index in [9.17, 15) is 43.2 Å². The molecule has 7 rings (SSSR count). The minimum absolute atomic E-state index is 0.0206. The van der Waals surface area contributed by atoms with Gasteiger partial charge in [-0.05, 0) is 97.0 Å². The molecule has 0 aliphatic heterocycles. The summed E-state index contributed by atoms with van der Waals surface area (Å²) in [4.78, 5) is 104. The second-order valence-corrected chi connectivity index (χ2v) is 41.7. The van der Waals surface area contributed by atoms with Crippen molar-refractivity contribution in [3.63, 3.8) is 0 Å². The van der Waals surface area contributed by atoms with Crippen molar-refractivity contribution in [3.05, 3.63) is 215 Å². The van der Waals surface area contributed by atoms with Crippen molar-refractivity contribution in [1.82, 2.24) is 0 Å². The van der Waals surface area contributed by atoms with Crippen LogP contribution in [0.4, 0.5) is 0 Å². The van der Waals surface area contributed by atoms with E-state index in [1.165, 1.54) is 44.9 Å². The van der Waals surface area contributed by atoms with Crippen LogP contribution < -0.4 is 0 Å². The topological polar surface area (TPSA) is 237 Å². The molecule has 25 heteroatoms. The van der Waals surface area contributed by atoms with Crippen LogP contribution in [-0.4, -0.2) is 338 Å². The fourth-order valence-corrected chi connectivity index (χ4v) is 9.02. The van der Waals surface area contributed by atoms with E-state index in [0.29, 0.717) is 96.1 Å². The minimum Gasteiger partial charge on any atom is -0.457 e. The lowest BCUT2D eigenvalue weighted by Crippen LogP contribution is -2.38. The number of esters is 9. The van der Waals surface area contributed by atoms with Crippen molar-refractivity contribution in [2.75, 3.05) is 253 Å². The van der Waals surface area contributed by atoms with Gasteiger partial charge in [-0.15, -0.1) is 0 Å². The molecule has 1 aliphatic rings. The summed E-state index contributed by atoms with van der Waals surface area (Å²) in [6, 6.07) is 53.8. The highest BCUT2D eigenvalue weighted by Gasteiger charge is 2.24. The Morgan fingerprint density at radius 3 is 0.590 bits per heavy atom. The van der Waals surface area contributed by atoms with Crippen LogP contribution in [0.15, 0.2) is 182 Å². The molecule has 25 nitrogen and oxygen atoms in total. The van der Waals surface area contributed by atoms with Crippen molar-refractivity contribution in [2.45, 2.75) is 161 Å². The molecule has 0 unspecified atom stereocenters. The van der Waals surface area contributed by atoms with Gasteiger partial charge in [0, 0.05) is 0 Å². The van der Waals surface area contributed by atoms with Gasteiger partial charge in [0.05, 0.1) is 187 Å². The number of rotatable bonds is 35. The molecular formula is C109H188N7O18+7. The lowest BCUT2D eigenvalue weighted by atomic mass is 9.89. The van der Waals surface area contributed by atoms with Crippen molar-refractivity contribution in [2.24, 2.45) is 17.3 Å². The Hall–Kier alpha value is -9.73. The summed E-state index contributed by atoms with van der Waals surface area (Å²) in [6.45, 7) is 36.1. The number of ether oxygens (including phenoxy) is 9.